The fourth-order valence-corrected chi connectivity index (χ4v) is 1.38. The van der Waals surface area contributed by atoms with Crippen LogP contribution in [0, 0.1) is 0 Å². The van der Waals surface area contributed by atoms with Crippen molar-refractivity contribution in [2.75, 3.05) is 0 Å². The van der Waals surface area contributed by atoms with Gasteiger partial charge in [0.1, 0.15) is 0 Å². The van der Waals surface area contributed by atoms with Crippen LogP contribution in [0.3, 0.4) is 0 Å². The molecule has 0 aliphatic heterocycles. The Kier molecular flexibility index (Phi) is 8.14. The van der Waals surface area contributed by atoms with Gasteiger partial charge in [-0.2, -0.15) is 0 Å². The Morgan fingerprint density at radius 2 is 1.75 bits per heavy atom. The minimum atomic E-state index is -1.05. The van der Waals surface area contributed by atoms with E-state index in [2.05, 4.69) is 0 Å². The van der Waals surface area contributed by atoms with E-state index in [0.29, 0.717) is 12.0 Å². The van der Waals surface area contributed by atoms with Crippen molar-refractivity contribution in [1.82, 2.24) is 0 Å². The third kappa shape index (κ3) is 4.47. The topological polar surface area (TPSA) is 54.4 Å². The molecule has 0 amide bonds. The van der Waals surface area contributed by atoms with Crippen molar-refractivity contribution in [2.45, 2.75) is 26.2 Å². The molecular formula is C12H15KO3. The Balaban J connectivity index is 0.00000225. The summed E-state index contributed by atoms with van der Waals surface area (Å²) in [6, 6.07) is 6.34. The van der Waals surface area contributed by atoms with Crippen LogP contribution in [0.5, 0.6) is 0 Å². The number of ketones is 1. The number of benzene rings is 1. The first-order chi connectivity index (χ1) is 7.16. The summed E-state index contributed by atoms with van der Waals surface area (Å²) in [4.78, 5) is 22.5. The Bertz CT molecular complexity index is 374. The maximum absolute atomic E-state index is 11.7. The van der Waals surface area contributed by atoms with Gasteiger partial charge in [0, 0.05) is 12.0 Å². The third-order valence-corrected chi connectivity index (χ3v) is 2.22. The van der Waals surface area contributed by atoms with Crippen molar-refractivity contribution in [3.63, 3.8) is 0 Å². The van der Waals surface area contributed by atoms with Gasteiger partial charge in [0.05, 0.1) is 5.56 Å². The Labute approximate surface area is 138 Å². The van der Waals surface area contributed by atoms with Gasteiger partial charge in [-0.15, -0.1) is 0 Å². The summed E-state index contributed by atoms with van der Waals surface area (Å²) in [5.41, 5.74) is 0.414. The van der Waals surface area contributed by atoms with E-state index in [0.717, 1.165) is 12.8 Å². The Morgan fingerprint density at radius 1 is 1.19 bits per heavy atom. The molecule has 0 aliphatic carbocycles. The second kappa shape index (κ2) is 8.14. The summed E-state index contributed by atoms with van der Waals surface area (Å²) in [7, 11) is 0. The number of hydrogen-bond donors (Lipinski definition) is 1. The fraction of sp³-hybridized carbons (Fsp3) is 0.333. The van der Waals surface area contributed by atoms with Gasteiger partial charge in [-0.05, 0) is 12.5 Å². The molecule has 1 aromatic carbocycles. The predicted octanol–water partition coefficient (Wildman–Crippen LogP) is 2.11. The second-order valence-electron chi connectivity index (χ2n) is 3.38. The minimum absolute atomic E-state index is 0. The van der Waals surface area contributed by atoms with Gasteiger partial charge < -0.3 is 5.11 Å². The first kappa shape index (κ1) is 16.0. The number of unbranched alkanes of at least 4 members (excludes halogenated alkanes) is 1. The quantitative estimate of drug-likeness (QED) is 0.639. The second-order valence-corrected chi connectivity index (χ2v) is 3.38. The molecule has 0 unspecified atom stereocenters. The van der Waals surface area contributed by atoms with E-state index >= 15 is 0 Å². The molecule has 0 spiro atoms. The summed E-state index contributed by atoms with van der Waals surface area (Å²) < 4.78 is 0. The Hall–Kier alpha value is -0.00364. The van der Waals surface area contributed by atoms with Crippen LogP contribution in [0.25, 0.3) is 0 Å². The molecule has 1 rings (SSSR count). The summed E-state index contributed by atoms with van der Waals surface area (Å²) >= 11 is 0. The molecule has 0 saturated heterocycles. The zero-order valence-corrected chi connectivity index (χ0v) is 8.69. The Morgan fingerprint density at radius 3 is 2.25 bits per heavy atom. The number of aromatic carboxylic acids is 1. The number of Topliss-reactive ketones (excluding diaryl/α,β-unsaturated/α-hetero) is 1. The van der Waals surface area contributed by atoms with Crippen molar-refractivity contribution in [1.29, 1.82) is 0 Å². The molecule has 1 aromatic rings. The van der Waals surface area contributed by atoms with Crippen LogP contribution in [0.1, 0.15) is 46.9 Å². The van der Waals surface area contributed by atoms with Crippen LogP contribution in [0.2, 0.25) is 0 Å². The van der Waals surface area contributed by atoms with Gasteiger partial charge in [-0.3, -0.25) is 4.79 Å². The van der Waals surface area contributed by atoms with Gasteiger partial charge in [0.25, 0.3) is 0 Å². The van der Waals surface area contributed by atoms with Gasteiger partial charge in [-0.25, -0.2) is 4.79 Å². The first-order valence-corrected chi connectivity index (χ1v) is 5.02. The van der Waals surface area contributed by atoms with E-state index in [1.807, 2.05) is 6.92 Å². The van der Waals surface area contributed by atoms with E-state index in [9.17, 15) is 9.59 Å². The number of carbonyl (C=O) groups is 2. The SMILES string of the molecule is CCCCC(=O)c1ccccc1C(=O)O.[KH]. The molecule has 0 heterocycles. The van der Waals surface area contributed by atoms with Crippen molar-refractivity contribution >= 4 is 63.1 Å². The van der Waals surface area contributed by atoms with Crippen molar-refractivity contribution in [3.05, 3.63) is 35.4 Å². The van der Waals surface area contributed by atoms with Crippen molar-refractivity contribution in [2.24, 2.45) is 0 Å². The standard InChI is InChI=1S/C12H14O3.K.H/c1-2-3-8-11(13)9-6-4-5-7-10(9)12(14)15;;/h4-7H,2-3,8H2,1H3,(H,14,15);;. The number of carbonyl (C=O) groups excluding carboxylic acids is 1. The van der Waals surface area contributed by atoms with E-state index in [1.54, 1.807) is 18.2 Å². The average molecular weight is 246 g/mol. The zero-order valence-electron chi connectivity index (χ0n) is 8.69. The van der Waals surface area contributed by atoms with Crippen LogP contribution < -0.4 is 0 Å². The van der Waals surface area contributed by atoms with Crippen LogP contribution >= 0.6 is 0 Å². The monoisotopic (exact) mass is 246 g/mol. The van der Waals surface area contributed by atoms with Crippen LogP contribution in [-0.2, 0) is 0 Å². The molecular weight excluding hydrogens is 231 g/mol. The fourth-order valence-electron chi connectivity index (χ4n) is 1.38. The summed E-state index contributed by atoms with van der Waals surface area (Å²) in [6.07, 6.45) is 2.15. The molecule has 0 fully saturated rings. The molecule has 1 N–H and O–H groups in total. The molecule has 82 valence electrons. The van der Waals surface area contributed by atoms with Gasteiger partial charge >= 0.3 is 57.4 Å². The summed E-state index contributed by atoms with van der Waals surface area (Å²) in [5.74, 6) is -1.13. The molecule has 16 heavy (non-hydrogen) atoms. The summed E-state index contributed by atoms with van der Waals surface area (Å²) in [5, 5.41) is 8.89. The van der Waals surface area contributed by atoms with Gasteiger partial charge in [0.2, 0.25) is 0 Å². The van der Waals surface area contributed by atoms with E-state index < -0.39 is 5.97 Å². The van der Waals surface area contributed by atoms with E-state index in [-0.39, 0.29) is 62.7 Å². The molecule has 0 radical (unpaired) electrons. The summed E-state index contributed by atoms with van der Waals surface area (Å²) in [6.45, 7) is 2.00. The maximum atomic E-state index is 11.7. The molecule has 0 bridgehead atoms. The number of hydrogen-bond acceptors (Lipinski definition) is 2. The van der Waals surface area contributed by atoms with Crippen molar-refractivity contribution < 1.29 is 14.7 Å². The van der Waals surface area contributed by atoms with Gasteiger partial charge in [-0.1, -0.05) is 31.5 Å². The number of carboxylic acids is 1. The first-order valence-electron chi connectivity index (χ1n) is 5.02. The van der Waals surface area contributed by atoms with Gasteiger partial charge in [0.15, 0.2) is 5.78 Å². The van der Waals surface area contributed by atoms with Crippen LogP contribution in [0.4, 0.5) is 0 Å². The molecule has 0 aromatic heterocycles. The van der Waals surface area contributed by atoms with Crippen LogP contribution in [-0.4, -0.2) is 68.2 Å². The average Bonchev–Trinajstić information content (AvgIpc) is 2.25. The number of carboxylic acid groups (broad SMARTS) is 1. The molecule has 0 aliphatic rings. The molecule has 4 heteroatoms. The van der Waals surface area contributed by atoms with Crippen LogP contribution in [0.15, 0.2) is 24.3 Å². The zero-order chi connectivity index (χ0) is 11.3. The predicted molar refractivity (Wildman–Crippen MR) is 64.4 cm³/mol. The van der Waals surface area contributed by atoms with E-state index in [1.165, 1.54) is 6.07 Å². The number of rotatable bonds is 5. The molecule has 0 saturated carbocycles. The van der Waals surface area contributed by atoms with Crippen molar-refractivity contribution in [3.8, 4) is 0 Å². The third-order valence-electron chi connectivity index (χ3n) is 2.22. The molecule has 0 atom stereocenters. The van der Waals surface area contributed by atoms with E-state index in [4.69, 9.17) is 5.11 Å². The molecule has 3 nitrogen and oxygen atoms in total. The normalized spacial score (nSPS) is 9.31.